The summed E-state index contributed by atoms with van der Waals surface area (Å²) in [5, 5.41) is 1.42. The SMILES string of the molecule is Cl.NCc1cc(Cl)c(Oc2cccc(Cl)c2)c(Cl)c1. The Hall–Kier alpha value is -0.640. The van der Waals surface area contributed by atoms with Crippen LogP contribution in [0.3, 0.4) is 0 Å². The molecule has 0 saturated heterocycles. The van der Waals surface area contributed by atoms with E-state index in [-0.39, 0.29) is 12.4 Å². The minimum absolute atomic E-state index is 0. The second kappa shape index (κ2) is 7.22. The lowest BCUT2D eigenvalue weighted by Crippen LogP contribution is -1.97. The van der Waals surface area contributed by atoms with Crippen molar-refractivity contribution >= 4 is 47.2 Å². The van der Waals surface area contributed by atoms with E-state index in [1.54, 1.807) is 36.4 Å². The van der Waals surface area contributed by atoms with Crippen molar-refractivity contribution in [2.45, 2.75) is 6.54 Å². The van der Waals surface area contributed by atoms with Crippen LogP contribution < -0.4 is 10.5 Å². The van der Waals surface area contributed by atoms with Crippen molar-refractivity contribution in [2.75, 3.05) is 0 Å². The minimum Gasteiger partial charge on any atom is -0.454 e. The predicted octanol–water partition coefficient (Wildman–Crippen LogP) is 5.32. The van der Waals surface area contributed by atoms with Crippen molar-refractivity contribution < 1.29 is 4.74 Å². The molecule has 102 valence electrons. The van der Waals surface area contributed by atoms with Crippen LogP contribution in [0.15, 0.2) is 36.4 Å². The molecule has 0 aliphatic heterocycles. The summed E-state index contributed by atoms with van der Waals surface area (Å²) >= 11 is 18.1. The van der Waals surface area contributed by atoms with Crippen molar-refractivity contribution in [1.82, 2.24) is 0 Å². The highest BCUT2D eigenvalue weighted by Gasteiger charge is 2.10. The molecule has 2 rings (SSSR count). The zero-order valence-electron chi connectivity index (χ0n) is 9.70. The Balaban J connectivity index is 0.00000180. The molecule has 19 heavy (non-hydrogen) atoms. The molecule has 2 N–H and O–H groups in total. The standard InChI is InChI=1S/C13H10Cl3NO.ClH/c14-9-2-1-3-10(6-9)18-13-11(15)4-8(7-17)5-12(13)16;/h1-6H,7,17H2;1H. The average molecular weight is 339 g/mol. The van der Waals surface area contributed by atoms with Gasteiger partial charge in [0.25, 0.3) is 0 Å². The second-order valence-electron chi connectivity index (χ2n) is 3.65. The lowest BCUT2D eigenvalue weighted by atomic mass is 10.2. The third-order valence-electron chi connectivity index (χ3n) is 2.31. The van der Waals surface area contributed by atoms with E-state index < -0.39 is 0 Å². The van der Waals surface area contributed by atoms with Crippen LogP contribution in [-0.4, -0.2) is 0 Å². The number of halogens is 4. The van der Waals surface area contributed by atoms with Crippen LogP contribution in [0.5, 0.6) is 11.5 Å². The monoisotopic (exact) mass is 337 g/mol. The highest BCUT2D eigenvalue weighted by Crippen LogP contribution is 2.37. The van der Waals surface area contributed by atoms with Crippen LogP contribution >= 0.6 is 47.2 Å². The third kappa shape index (κ3) is 4.16. The molecule has 0 amide bonds. The summed E-state index contributed by atoms with van der Waals surface area (Å²) in [6.45, 7) is 0.372. The highest BCUT2D eigenvalue weighted by molar-refractivity contribution is 6.37. The van der Waals surface area contributed by atoms with E-state index in [0.717, 1.165) is 5.56 Å². The first-order valence-electron chi connectivity index (χ1n) is 5.21. The summed E-state index contributed by atoms with van der Waals surface area (Å²) in [6.07, 6.45) is 0. The number of hydrogen-bond donors (Lipinski definition) is 1. The zero-order valence-corrected chi connectivity index (χ0v) is 12.8. The fourth-order valence-corrected chi connectivity index (χ4v) is 2.27. The van der Waals surface area contributed by atoms with Crippen LogP contribution in [0.1, 0.15) is 5.56 Å². The molecule has 0 atom stereocenters. The number of ether oxygens (including phenoxy) is 1. The summed E-state index contributed by atoms with van der Waals surface area (Å²) in [6, 6.07) is 10.5. The highest BCUT2D eigenvalue weighted by atomic mass is 35.5. The van der Waals surface area contributed by atoms with E-state index in [1.165, 1.54) is 0 Å². The van der Waals surface area contributed by atoms with E-state index in [0.29, 0.717) is 33.1 Å². The largest absolute Gasteiger partial charge is 0.454 e. The van der Waals surface area contributed by atoms with Gasteiger partial charge in [0, 0.05) is 11.6 Å². The number of hydrogen-bond acceptors (Lipinski definition) is 2. The normalized spacial score (nSPS) is 9.89. The van der Waals surface area contributed by atoms with Gasteiger partial charge >= 0.3 is 0 Å². The van der Waals surface area contributed by atoms with Crippen LogP contribution in [0, 0.1) is 0 Å². The summed E-state index contributed by atoms with van der Waals surface area (Å²) in [4.78, 5) is 0. The van der Waals surface area contributed by atoms with Crippen LogP contribution in [0.2, 0.25) is 15.1 Å². The van der Waals surface area contributed by atoms with E-state index >= 15 is 0 Å². The molecule has 0 aliphatic carbocycles. The van der Waals surface area contributed by atoms with Gasteiger partial charge in [-0.2, -0.15) is 0 Å². The van der Waals surface area contributed by atoms with Gasteiger partial charge in [0.05, 0.1) is 10.0 Å². The second-order valence-corrected chi connectivity index (χ2v) is 4.90. The zero-order chi connectivity index (χ0) is 13.1. The van der Waals surface area contributed by atoms with E-state index in [2.05, 4.69) is 0 Å². The van der Waals surface area contributed by atoms with Crippen LogP contribution in [-0.2, 0) is 6.54 Å². The predicted molar refractivity (Wildman–Crippen MR) is 83.1 cm³/mol. The minimum atomic E-state index is 0. The molecule has 0 radical (unpaired) electrons. The molecule has 6 heteroatoms. The Kier molecular flexibility index (Phi) is 6.24. The Morgan fingerprint density at radius 3 is 2.16 bits per heavy atom. The van der Waals surface area contributed by atoms with Crippen LogP contribution in [0.25, 0.3) is 0 Å². The first kappa shape index (κ1) is 16.4. The molecule has 0 unspecified atom stereocenters. The van der Waals surface area contributed by atoms with Crippen molar-refractivity contribution in [3.05, 3.63) is 57.0 Å². The summed E-state index contributed by atoms with van der Waals surface area (Å²) in [5.41, 5.74) is 6.38. The Morgan fingerprint density at radius 1 is 1.00 bits per heavy atom. The van der Waals surface area contributed by atoms with Crippen molar-refractivity contribution in [1.29, 1.82) is 0 Å². The molecule has 0 saturated carbocycles. The third-order valence-corrected chi connectivity index (χ3v) is 3.11. The van der Waals surface area contributed by atoms with Gasteiger partial charge in [-0.3, -0.25) is 0 Å². The summed E-state index contributed by atoms with van der Waals surface area (Å²) in [7, 11) is 0. The van der Waals surface area contributed by atoms with Gasteiger partial charge in [0.1, 0.15) is 5.75 Å². The fraction of sp³-hybridized carbons (Fsp3) is 0.0769. The maximum absolute atomic E-state index is 6.11. The Labute approximate surface area is 132 Å². The Morgan fingerprint density at radius 2 is 1.63 bits per heavy atom. The summed E-state index contributed by atoms with van der Waals surface area (Å²) < 4.78 is 5.63. The molecule has 2 nitrogen and oxygen atoms in total. The molecule has 2 aromatic carbocycles. The quantitative estimate of drug-likeness (QED) is 0.821. The lowest BCUT2D eigenvalue weighted by Gasteiger charge is -2.11. The van der Waals surface area contributed by atoms with Gasteiger partial charge < -0.3 is 10.5 Å². The van der Waals surface area contributed by atoms with Gasteiger partial charge in [-0.1, -0.05) is 40.9 Å². The first-order valence-corrected chi connectivity index (χ1v) is 6.35. The van der Waals surface area contributed by atoms with Crippen molar-refractivity contribution in [2.24, 2.45) is 5.73 Å². The number of rotatable bonds is 3. The molecule has 0 heterocycles. The fourth-order valence-electron chi connectivity index (χ4n) is 1.48. The first-order chi connectivity index (χ1) is 8.60. The molecular weight excluding hydrogens is 328 g/mol. The van der Waals surface area contributed by atoms with Gasteiger partial charge in [0.2, 0.25) is 0 Å². The maximum Gasteiger partial charge on any atom is 0.164 e. The molecular formula is C13H11Cl4NO. The van der Waals surface area contributed by atoms with Gasteiger partial charge in [0.15, 0.2) is 5.75 Å². The van der Waals surface area contributed by atoms with Gasteiger partial charge in [-0.25, -0.2) is 0 Å². The maximum atomic E-state index is 6.11. The van der Waals surface area contributed by atoms with E-state index in [1.807, 2.05) is 0 Å². The average Bonchev–Trinajstić information content (AvgIpc) is 2.33. The molecule has 0 bridgehead atoms. The molecule has 0 fully saturated rings. The molecule has 0 spiro atoms. The van der Waals surface area contributed by atoms with Crippen molar-refractivity contribution in [3.63, 3.8) is 0 Å². The Bertz CT molecular complexity index is 551. The van der Waals surface area contributed by atoms with E-state index in [9.17, 15) is 0 Å². The van der Waals surface area contributed by atoms with E-state index in [4.69, 9.17) is 45.3 Å². The lowest BCUT2D eigenvalue weighted by molar-refractivity contribution is 0.483. The number of benzene rings is 2. The molecule has 0 aromatic heterocycles. The molecule has 2 aromatic rings. The van der Waals surface area contributed by atoms with Gasteiger partial charge in [-0.15, -0.1) is 12.4 Å². The number of nitrogens with two attached hydrogens (primary N) is 1. The van der Waals surface area contributed by atoms with Crippen LogP contribution in [0.4, 0.5) is 0 Å². The topological polar surface area (TPSA) is 35.2 Å². The molecule has 0 aliphatic rings. The summed E-state index contributed by atoms with van der Waals surface area (Å²) in [5.74, 6) is 0.976. The van der Waals surface area contributed by atoms with Crippen molar-refractivity contribution in [3.8, 4) is 11.5 Å². The smallest absolute Gasteiger partial charge is 0.164 e. The van der Waals surface area contributed by atoms with Gasteiger partial charge in [-0.05, 0) is 35.9 Å².